The lowest BCUT2D eigenvalue weighted by Crippen LogP contribution is -2.31. The number of hydrogen-bond acceptors (Lipinski definition) is 2. The van der Waals surface area contributed by atoms with Crippen LogP contribution in [0.25, 0.3) is 0 Å². The van der Waals surface area contributed by atoms with E-state index < -0.39 is 0 Å². The zero-order valence-corrected chi connectivity index (χ0v) is 13.1. The van der Waals surface area contributed by atoms with Crippen LogP contribution in [0.5, 0.6) is 0 Å². The van der Waals surface area contributed by atoms with Gasteiger partial charge in [0.25, 0.3) is 0 Å². The van der Waals surface area contributed by atoms with Gasteiger partial charge in [0.05, 0.1) is 6.10 Å². The fourth-order valence-electron chi connectivity index (χ4n) is 2.54. The second-order valence-electron chi connectivity index (χ2n) is 6.01. The Morgan fingerprint density at radius 3 is 2.06 bits per heavy atom. The van der Waals surface area contributed by atoms with E-state index in [1.54, 1.807) is 0 Å². The molecule has 2 heteroatoms. The van der Waals surface area contributed by atoms with Crippen LogP contribution >= 0.6 is 0 Å². The average Bonchev–Trinajstić information content (AvgIpc) is 2.30. The number of hydrogen-bond donors (Lipinski definition) is 1. The summed E-state index contributed by atoms with van der Waals surface area (Å²) in [6, 6.07) is 0. The van der Waals surface area contributed by atoms with Gasteiger partial charge >= 0.3 is 0 Å². The maximum Gasteiger partial charge on any atom is 0.0573 e. The third kappa shape index (κ3) is 8.10. The molecule has 0 saturated heterocycles. The zero-order valence-electron chi connectivity index (χ0n) is 13.1. The van der Waals surface area contributed by atoms with Crippen molar-refractivity contribution < 1.29 is 9.84 Å². The number of ether oxygens (including phenoxy) is 1. The highest BCUT2D eigenvalue weighted by Gasteiger charge is 2.28. The van der Waals surface area contributed by atoms with Crippen molar-refractivity contribution in [3.8, 4) is 0 Å². The summed E-state index contributed by atoms with van der Waals surface area (Å²) < 4.78 is 5.13. The van der Waals surface area contributed by atoms with Crippen LogP contribution in [0.2, 0.25) is 0 Å². The van der Waals surface area contributed by atoms with Gasteiger partial charge in [0.15, 0.2) is 0 Å². The fourth-order valence-corrected chi connectivity index (χ4v) is 2.54. The molecular formula is C16H34O2. The van der Waals surface area contributed by atoms with Gasteiger partial charge in [0, 0.05) is 13.2 Å². The number of rotatable bonds is 5. The molecule has 0 amide bonds. The van der Waals surface area contributed by atoms with Gasteiger partial charge in [0.2, 0.25) is 0 Å². The molecule has 0 heterocycles. The zero-order chi connectivity index (χ0) is 14.0. The van der Waals surface area contributed by atoms with Crippen molar-refractivity contribution in [2.45, 2.75) is 72.8 Å². The molecule has 1 N–H and O–H groups in total. The third-order valence-electron chi connectivity index (χ3n) is 3.68. The molecule has 3 atom stereocenters. The minimum Gasteiger partial charge on any atom is -0.393 e. The first-order valence-electron chi connectivity index (χ1n) is 7.78. The summed E-state index contributed by atoms with van der Waals surface area (Å²) >= 11 is 0. The summed E-state index contributed by atoms with van der Waals surface area (Å²) in [6.45, 7) is 12.8. The molecule has 0 radical (unpaired) electrons. The molecule has 1 aliphatic rings. The van der Waals surface area contributed by atoms with Crippen LogP contribution in [0.1, 0.15) is 66.7 Å². The Bertz CT molecular complexity index is 176. The van der Waals surface area contributed by atoms with Crippen LogP contribution < -0.4 is 0 Å². The van der Waals surface area contributed by atoms with Gasteiger partial charge in [-0.3, -0.25) is 0 Å². The van der Waals surface area contributed by atoms with Gasteiger partial charge < -0.3 is 9.84 Å². The van der Waals surface area contributed by atoms with Crippen molar-refractivity contribution in [3.05, 3.63) is 0 Å². The minimum atomic E-state index is -0.0289. The summed E-state index contributed by atoms with van der Waals surface area (Å²) in [5, 5.41) is 9.71. The molecule has 1 fully saturated rings. The molecule has 0 spiro atoms. The summed E-state index contributed by atoms with van der Waals surface area (Å²) in [5.74, 6) is 1.95. The van der Waals surface area contributed by atoms with E-state index in [9.17, 15) is 5.11 Å². The van der Waals surface area contributed by atoms with E-state index in [1.165, 1.54) is 12.8 Å². The lowest BCUT2D eigenvalue weighted by atomic mass is 9.75. The van der Waals surface area contributed by atoms with Gasteiger partial charge in [-0.05, 0) is 43.4 Å². The van der Waals surface area contributed by atoms with Gasteiger partial charge in [-0.15, -0.1) is 0 Å². The Morgan fingerprint density at radius 2 is 1.67 bits per heavy atom. The fraction of sp³-hybridized carbons (Fsp3) is 1.00. The molecule has 1 saturated carbocycles. The Hall–Kier alpha value is -0.0800. The lowest BCUT2D eigenvalue weighted by molar-refractivity contribution is 0.0266. The topological polar surface area (TPSA) is 29.5 Å². The van der Waals surface area contributed by atoms with Crippen LogP contribution in [0, 0.1) is 17.8 Å². The van der Waals surface area contributed by atoms with E-state index in [-0.39, 0.29) is 6.10 Å². The van der Waals surface area contributed by atoms with Crippen molar-refractivity contribution in [2.24, 2.45) is 17.8 Å². The number of aliphatic hydroxyl groups excluding tert-OH is 1. The quantitative estimate of drug-likeness (QED) is 0.747. The first-order valence-corrected chi connectivity index (χ1v) is 7.78. The molecular weight excluding hydrogens is 224 g/mol. The molecule has 3 unspecified atom stereocenters. The molecule has 0 bridgehead atoms. The average molecular weight is 258 g/mol. The highest BCUT2D eigenvalue weighted by molar-refractivity contribution is 4.79. The molecule has 0 aromatic carbocycles. The third-order valence-corrected chi connectivity index (χ3v) is 3.68. The first kappa shape index (κ1) is 17.9. The van der Waals surface area contributed by atoms with Crippen LogP contribution in [-0.2, 0) is 4.74 Å². The second kappa shape index (κ2) is 10.8. The Labute approximate surface area is 114 Å². The molecule has 18 heavy (non-hydrogen) atoms. The van der Waals surface area contributed by atoms with E-state index >= 15 is 0 Å². The van der Waals surface area contributed by atoms with Crippen molar-refractivity contribution in [3.63, 3.8) is 0 Å². The van der Waals surface area contributed by atoms with Gasteiger partial charge in [-0.25, -0.2) is 0 Å². The predicted octanol–water partition coefficient (Wildman–Crippen LogP) is 4.26. The van der Waals surface area contributed by atoms with Gasteiger partial charge in [0.1, 0.15) is 0 Å². The molecule has 0 aromatic heterocycles. The number of aliphatic hydroxyl groups is 1. The summed E-state index contributed by atoms with van der Waals surface area (Å²) in [6.07, 6.45) is 5.79. The Kier molecular flexibility index (Phi) is 10.8. The summed E-state index contributed by atoms with van der Waals surface area (Å²) in [7, 11) is 0. The van der Waals surface area contributed by atoms with E-state index in [0.29, 0.717) is 11.8 Å². The molecule has 2 nitrogen and oxygen atoms in total. The predicted molar refractivity (Wildman–Crippen MR) is 78.8 cm³/mol. The van der Waals surface area contributed by atoms with Crippen molar-refractivity contribution >= 4 is 0 Å². The standard InChI is InChI=1S/C10H20O.C6H14O/c1-7(2)9-5-4-8(3)6-10(9)11;1-3-5-7-6-4-2/h7-11H,4-6H2,1-3H3;3-6H2,1-2H3. The van der Waals surface area contributed by atoms with Crippen molar-refractivity contribution in [1.29, 1.82) is 0 Å². The molecule has 1 rings (SSSR count). The van der Waals surface area contributed by atoms with Crippen LogP contribution in [0.15, 0.2) is 0 Å². The monoisotopic (exact) mass is 258 g/mol. The van der Waals surface area contributed by atoms with Crippen LogP contribution in [0.4, 0.5) is 0 Å². The maximum atomic E-state index is 9.71. The van der Waals surface area contributed by atoms with E-state index in [0.717, 1.165) is 38.4 Å². The Morgan fingerprint density at radius 1 is 1.11 bits per heavy atom. The minimum absolute atomic E-state index is 0.0289. The molecule has 1 aliphatic carbocycles. The Balaban J connectivity index is 0.000000360. The SMILES string of the molecule is CC1CCC(C(C)C)C(O)C1.CCCOCCC. The highest BCUT2D eigenvalue weighted by Crippen LogP contribution is 2.33. The highest BCUT2D eigenvalue weighted by atomic mass is 16.5. The summed E-state index contributed by atoms with van der Waals surface area (Å²) in [4.78, 5) is 0. The van der Waals surface area contributed by atoms with E-state index in [1.807, 2.05) is 0 Å². The van der Waals surface area contributed by atoms with E-state index in [4.69, 9.17) is 4.74 Å². The molecule has 0 aliphatic heterocycles. The van der Waals surface area contributed by atoms with Crippen molar-refractivity contribution in [1.82, 2.24) is 0 Å². The van der Waals surface area contributed by atoms with Crippen LogP contribution in [0.3, 0.4) is 0 Å². The maximum absolute atomic E-state index is 9.71. The normalized spacial score (nSPS) is 27.8. The van der Waals surface area contributed by atoms with Crippen LogP contribution in [-0.4, -0.2) is 24.4 Å². The first-order chi connectivity index (χ1) is 8.52. The largest absolute Gasteiger partial charge is 0.393 e. The van der Waals surface area contributed by atoms with Gasteiger partial charge in [-0.1, -0.05) is 41.0 Å². The van der Waals surface area contributed by atoms with Crippen molar-refractivity contribution in [2.75, 3.05) is 13.2 Å². The van der Waals surface area contributed by atoms with Gasteiger partial charge in [-0.2, -0.15) is 0 Å². The smallest absolute Gasteiger partial charge is 0.0573 e. The second-order valence-corrected chi connectivity index (χ2v) is 6.01. The molecule has 110 valence electrons. The summed E-state index contributed by atoms with van der Waals surface area (Å²) in [5.41, 5.74) is 0. The lowest BCUT2D eigenvalue weighted by Gasteiger charge is -2.33. The molecule has 0 aromatic rings. The van der Waals surface area contributed by atoms with E-state index in [2.05, 4.69) is 34.6 Å².